The monoisotopic (exact) mass is 258 g/mol. The summed E-state index contributed by atoms with van der Waals surface area (Å²) in [5, 5.41) is 2.83. The largest absolute Gasteiger partial charge is 0.468 e. The lowest BCUT2D eigenvalue weighted by Crippen LogP contribution is -2.46. The van der Waals surface area contributed by atoms with Crippen molar-refractivity contribution in [1.29, 1.82) is 0 Å². The van der Waals surface area contributed by atoms with Crippen LogP contribution in [0.2, 0.25) is 0 Å². The topological polar surface area (TPSA) is 67.9 Å². The quantitative estimate of drug-likeness (QED) is 0.667. The second-order valence-electron chi connectivity index (χ2n) is 4.58. The summed E-state index contributed by atoms with van der Waals surface area (Å²) < 4.78 is 9.68. The van der Waals surface area contributed by atoms with Gasteiger partial charge in [0.2, 0.25) is 5.91 Å². The maximum atomic E-state index is 11.8. The molecule has 2 atom stereocenters. The predicted octanol–water partition coefficient (Wildman–Crippen LogP) is -0.225. The molecule has 1 rings (SSSR count). The Morgan fingerprint density at radius 2 is 2.17 bits per heavy atom. The van der Waals surface area contributed by atoms with E-state index in [4.69, 9.17) is 9.47 Å². The lowest BCUT2D eigenvalue weighted by atomic mass is 10.2. The number of nitrogens with one attached hydrogen (secondary N) is 1. The Morgan fingerprint density at radius 3 is 2.78 bits per heavy atom. The standard InChI is InChI=1S/C12H22N2O4/c1-9(8-17-2)13-11(15)7-14-6-4-5-10(14)12(16)18-3/h9-10H,4-8H2,1-3H3,(H,13,15). The summed E-state index contributed by atoms with van der Waals surface area (Å²) in [6, 6.07) is -0.305. The lowest BCUT2D eigenvalue weighted by Gasteiger charge is -2.22. The number of carbonyl (C=O) groups excluding carboxylic acids is 2. The third kappa shape index (κ3) is 4.27. The Kier molecular flexibility index (Phi) is 6.07. The number of likely N-dealkylation sites (tertiary alicyclic amines) is 1. The van der Waals surface area contributed by atoms with Crippen LogP contribution in [0, 0.1) is 0 Å². The first-order valence-corrected chi connectivity index (χ1v) is 6.18. The Bertz CT molecular complexity index is 296. The van der Waals surface area contributed by atoms with Gasteiger partial charge in [0.1, 0.15) is 6.04 Å². The average Bonchev–Trinajstić information content (AvgIpc) is 2.76. The van der Waals surface area contributed by atoms with E-state index in [1.165, 1.54) is 7.11 Å². The van der Waals surface area contributed by atoms with E-state index in [-0.39, 0.29) is 30.5 Å². The first-order chi connectivity index (χ1) is 8.58. The molecule has 0 radical (unpaired) electrons. The fraction of sp³-hybridized carbons (Fsp3) is 0.833. The fourth-order valence-electron chi connectivity index (χ4n) is 2.21. The van der Waals surface area contributed by atoms with Gasteiger partial charge < -0.3 is 14.8 Å². The van der Waals surface area contributed by atoms with Crippen molar-refractivity contribution in [1.82, 2.24) is 10.2 Å². The fourth-order valence-corrected chi connectivity index (χ4v) is 2.21. The Hall–Kier alpha value is -1.14. The van der Waals surface area contributed by atoms with Crippen molar-refractivity contribution >= 4 is 11.9 Å². The Balaban J connectivity index is 2.41. The molecule has 0 saturated carbocycles. The van der Waals surface area contributed by atoms with Crippen LogP contribution >= 0.6 is 0 Å². The Morgan fingerprint density at radius 1 is 1.44 bits per heavy atom. The van der Waals surface area contributed by atoms with Crippen LogP contribution in [-0.4, -0.2) is 62.8 Å². The zero-order valence-corrected chi connectivity index (χ0v) is 11.3. The number of nitrogens with zero attached hydrogens (tertiary/aromatic N) is 1. The van der Waals surface area contributed by atoms with Gasteiger partial charge in [-0.15, -0.1) is 0 Å². The third-order valence-electron chi connectivity index (χ3n) is 3.01. The SMILES string of the molecule is COCC(C)NC(=O)CN1CCCC1C(=O)OC. The second kappa shape index (κ2) is 7.33. The molecule has 0 aromatic carbocycles. The first-order valence-electron chi connectivity index (χ1n) is 6.18. The highest BCUT2D eigenvalue weighted by molar-refractivity contribution is 5.81. The number of amides is 1. The van der Waals surface area contributed by atoms with Crippen molar-refractivity contribution in [3.63, 3.8) is 0 Å². The van der Waals surface area contributed by atoms with Crippen LogP contribution in [0.15, 0.2) is 0 Å². The zero-order chi connectivity index (χ0) is 13.5. The third-order valence-corrected chi connectivity index (χ3v) is 3.01. The van der Waals surface area contributed by atoms with Gasteiger partial charge in [-0.05, 0) is 26.3 Å². The van der Waals surface area contributed by atoms with E-state index in [2.05, 4.69) is 5.32 Å². The summed E-state index contributed by atoms with van der Waals surface area (Å²) in [6.45, 7) is 3.34. The van der Waals surface area contributed by atoms with Gasteiger partial charge >= 0.3 is 5.97 Å². The molecule has 2 unspecified atom stereocenters. The molecule has 1 aliphatic heterocycles. The highest BCUT2D eigenvalue weighted by Gasteiger charge is 2.32. The molecule has 6 nitrogen and oxygen atoms in total. The number of rotatable bonds is 6. The maximum absolute atomic E-state index is 11.8. The van der Waals surface area contributed by atoms with Gasteiger partial charge in [0.15, 0.2) is 0 Å². The van der Waals surface area contributed by atoms with Gasteiger partial charge in [-0.2, -0.15) is 0 Å². The molecule has 6 heteroatoms. The first kappa shape index (κ1) is 14.9. The van der Waals surface area contributed by atoms with Crippen LogP contribution in [0.3, 0.4) is 0 Å². The van der Waals surface area contributed by atoms with E-state index >= 15 is 0 Å². The van der Waals surface area contributed by atoms with Crippen molar-refractivity contribution in [2.75, 3.05) is 33.9 Å². The van der Waals surface area contributed by atoms with Crippen molar-refractivity contribution < 1.29 is 19.1 Å². The minimum Gasteiger partial charge on any atom is -0.468 e. The molecule has 1 saturated heterocycles. The van der Waals surface area contributed by atoms with Crippen LogP contribution in [0.1, 0.15) is 19.8 Å². The molecule has 1 heterocycles. The number of ether oxygens (including phenoxy) is 2. The Labute approximate surface area is 108 Å². The normalized spacial score (nSPS) is 21.6. The molecular formula is C12H22N2O4. The van der Waals surface area contributed by atoms with Crippen molar-refractivity contribution in [2.24, 2.45) is 0 Å². The number of carbonyl (C=O) groups is 2. The van der Waals surface area contributed by atoms with Crippen LogP contribution < -0.4 is 5.32 Å². The molecule has 0 aliphatic carbocycles. The number of methoxy groups -OCH3 is 2. The second-order valence-corrected chi connectivity index (χ2v) is 4.58. The van der Waals surface area contributed by atoms with Gasteiger partial charge in [-0.25, -0.2) is 0 Å². The number of hydrogen-bond acceptors (Lipinski definition) is 5. The summed E-state index contributed by atoms with van der Waals surface area (Å²) >= 11 is 0. The summed E-state index contributed by atoms with van der Waals surface area (Å²) in [7, 11) is 2.97. The molecule has 1 amide bonds. The predicted molar refractivity (Wildman–Crippen MR) is 66.1 cm³/mol. The van der Waals surface area contributed by atoms with Crippen LogP contribution in [0.5, 0.6) is 0 Å². The van der Waals surface area contributed by atoms with Crippen LogP contribution in [0.25, 0.3) is 0 Å². The van der Waals surface area contributed by atoms with Gasteiger partial charge in [-0.3, -0.25) is 14.5 Å². The van der Waals surface area contributed by atoms with E-state index in [0.29, 0.717) is 6.61 Å². The van der Waals surface area contributed by atoms with Crippen molar-refractivity contribution in [3.05, 3.63) is 0 Å². The van der Waals surface area contributed by atoms with E-state index in [0.717, 1.165) is 19.4 Å². The zero-order valence-electron chi connectivity index (χ0n) is 11.3. The summed E-state index contributed by atoms with van der Waals surface area (Å²) in [5.41, 5.74) is 0. The summed E-state index contributed by atoms with van der Waals surface area (Å²) in [6.07, 6.45) is 1.67. The van der Waals surface area contributed by atoms with Crippen molar-refractivity contribution in [2.45, 2.75) is 31.8 Å². The number of esters is 1. The molecule has 18 heavy (non-hydrogen) atoms. The molecule has 0 aromatic heterocycles. The molecule has 0 spiro atoms. The molecule has 1 aliphatic rings. The minimum absolute atomic E-state index is 0.0262. The van der Waals surface area contributed by atoms with Crippen LogP contribution in [0.4, 0.5) is 0 Å². The smallest absolute Gasteiger partial charge is 0.323 e. The molecule has 1 fully saturated rings. The molecule has 1 N–H and O–H groups in total. The van der Waals surface area contributed by atoms with E-state index in [1.807, 2.05) is 11.8 Å². The molecular weight excluding hydrogens is 236 g/mol. The molecule has 0 bridgehead atoms. The van der Waals surface area contributed by atoms with E-state index < -0.39 is 0 Å². The van der Waals surface area contributed by atoms with Crippen LogP contribution in [-0.2, 0) is 19.1 Å². The summed E-state index contributed by atoms with van der Waals surface area (Å²) in [4.78, 5) is 25.2. The summed E-state index contributed by atoms with van der Waals surface area (Å²) in [5.74, 6) is -0.347. The number of hydrogen-bond donors (Lipinski definition) is 1. The van der Waals surface area contributed by atoms with E-state index in [9.17, 15) is 9.59 Å². The molecule has 0 aromatic rings. The van der Waals surface area contributed by atoms with Gasteiger partial charge in [-0.1, -0.05) is 0 Å². The minimum atomic E-state index is -0.279. The molecule has 104 valence electrons. The van der Waals surface area contributed by atoms with E-state index in [1.54, 1.807) is 7.11 Å². The van der Waals surface area contributed by atoms with Gasteiger partial charge in [0, 0.05) is 13.2 Å². The lowest BCUT2D eigenvalue weighted by molar-refractivity contribution is -0.146. The van der Waals surface area contributed by atoms with Crippen molar-refractivity contribution in [3.8, 4) is 0 Å². The highest BCUT2D eigenvalue weighted by Crippen LogP contribution is 2.17. The van der Waals surface area contributed by atoms with Gasteiger partial charge in [0.25, 0.3) is 0 Å². The average molecular weight is 258 g/mol. The highest BCUT2D eigenvalue weighted by atomic mass is 16.5. The van der Waals surface area contributed by atoms with Gasteiger partial charge in [0.05, 0.1) is 20.3 Å². The maximum Gasteiger partial charge on any atom is 0.323 e.